The van der Waals surface area contributed by atoms with Crippen LogP contribution in [0.15, 0.2) is 36.4 Å². The number of carbonyl (C=O) groups excluding carboxylic acids is 2. The zero-order valence-corrected chi connectivity index (χ0v) is 13.6. The van der Waals surface area contributed by atoms with Crippen molar-refractivity contribution in [1.82, 2.24) is 5.32 Å². The van der Waals surface area contributed by atoms with E-state index in [1.54, 1.807) is 0 Å². The van der Waals surface area contributed by atoms with Gasteiger partial charge in [0.25, 0.3) is 5.91 Å². The fourth-order valence-corrected chi connectivity index (χ4v) is 3.72. The van der Waals surface area contributed by atoms with Gasteiger partial charge in [0.15, 0.2) is 0 Å². The molecule has 124 valence electrons. The predicted molar refractivity (Wildman–Crippen MR) is 92.0 cm³/mol. The number of amides is 3. The van der Waals surface area contributed by atoms with E-state index >= 15 is 0 Å². The van der Waals surface area contributed by atoms with Crippen molar-refractivity contribution >= 4 is 28.4 Å². The molecule has 0 aromatic heterocycles. The highest BCUT2D eigenvalue weighted by Crippen LogP contribution is 2.33. The molecular formula is C19H20N2O3. The molecule has 2 saturated heterocycles. The molecule has 0 saturated carbocycles. The van der Waals surface area contributed by atoms with E-state index in [9.17, 15) is 9.59 Å². The third-order valence-electron chi connectivity index (χ3n) is 4.93. The van der Waals surface area contributed by atoms with Gasteiger partial charge in [0.1, 0.15) is 6.04 Å². The predicted octanol–water partition coefficient (Wildman–Crippen LogP) is 3.00. The normalized spacial score (nSPS) is 22.2. The van der Waals surface area contributed by atoms with Crippen molar-refractivity contribution in [2.24, 2.45) is 5.92 Å². The van der Waals surface area contributed by atoms with E-state index in [1.807, 2.05) is 37.3 Å². The lowest BCUT2D eigenvalue weighted by Gasteiger charge is -2.25. The highest BCUT2D eigenvalue weighted by molar-refractivity contribution is 6.24. The molecule has 5 heteroatoms. The van der Waals surface area contributed by atoms with Crippen molar-refractivity contribution in [3.05, 3.63) is 42.0 Å². The monoisotopic (exact) mass is 324 g/mol. The topological polar surface area (TPSA) is 58.6 Å². The molecule has 0 aliphatic carbocycles. The quantitative estimate of drug-likeness (QED) is 0.864. The summed E-state index contributed by atoms with van der Waals surface area (Å²) < 4.78 is 5.37. The number of nitrogens with one attached hydrogen (secondary N) is 1. The van der Waals surface area contributed by atoms with Gasteiger partial charge in [-0.1, -0.05) is 30.3 Å². The summed E-state index contributed by atoms with van der Waals surface area (Å²) in [5, 5.41) is 4.83. The standard InChI is InChI=1S/C19H20N2O3/c1-12-10-14-4-2-3-5-15(14)16(11-12)21-18(22)17(20-19(21)23)13-6-8-24-9-7-13/h2-5,10-11,13,17H,6-9H2,1H3,(H,20,23). The molecule has 5 nitrogen and oxygen atoms in total. The van der Waals surface area contributed by atoms with Gasteiger partial charge in [0, 0.05) is 18.6 Å². The Labute approximate surface area is 140 Å². The minimum Gasteiger partial charge on any atom is -0.381 e. The number of urea groups is 1. The first-order valence-electron chi connectivity index (χ1n) is 8.37. The van der Waals surface area contributed by atoms with Crippen molar-refractivity contribution in [3.63, 3.8) is 0 Å². The van der Waals surface area contributed by atoms with Crippen LogP contribution in [0, 0.1) is 12.8 Å². The van der Waals surface area contributed by atoms with Crippen LogP contribution in [0.25, 0.3) is 10.8 Å². The minimum atomic E-state index is -0.444. The highest BCUT2D eigenvalue weighted by atomic mass is 16.5. The second-order valence-electron chi connectivity index (χ2n) is 6.56. The smallest absolute Gasteiger partial charge is 0.329 e. The molecular weight excluding hydrogens is 304 g/mol. The summed E-state index contributed by atoms with van der Waals surface area (Å²) in [4.78, 5) is 26.8. The highest BCUT2D eigenvalue weighted by Gasteiger charge is 2.43. The molecule has 1 unspecified atom stereocenters. The van der Waals surface area contributed by atoms with Crippen LogP contribution in [0.4, 0.5) is 10.5 Å². The van der Waals surface area contributed by atoms with Crippen LogP contribution < -0.4 is 10.2 Å². The van der Waals surface area contributed by atoms with Gasteiger partial charge in [0.2, 0.25) is 0 Å². The zero-order valence-electron chi connectivity index (χ0n) is 13.6. The molecule has 2 aliphatic rings. The summed E-state index contributed by atoms with van der Waals surface area (Å²) in [5.74, 6) is -0.000994. The maximum absolute atomic E-state index is 13.0. The molecule has 2 heterocycles. The molecule has 0 radical (unpaired) electrons. The molecule has 4 rings (SSSR count). The number of fused-ring (bicyclic) bond motifs is 1. The van der Waals surface area contributed by atoms with Crippen molar-refractivity contribution in [2.75, 3.05) is 18.1 Å². The first kappa shape index (κ1) is 15.1. The Bertz CT molecular complexity index is 811. The maximum atomic E-state index is 13.0. The average Bonchev–Trinajstić information content (AvgIpc) is 2.89. The fourth-order valence-electron chi connectivity index (χ4n) is 3.72. The molecule has 0 spiro atoms. The molecule has 2 aromatic rings. The van der Waals surface area contributed by atoms with Crippen LogP contribution in [0.3, 0.4) is 0 Å². The number of carbonyl (C=O) groups is 2. The van der Waals surface area contributed by atoms with Gasteiger partial charge in [0.05, 0.1) is 5.69 Å². The molecule has 3 amide bonds. The SMILES string of the molecule is Cc1cc(N2C(=O)NC(C3CCOCC3)C2=O)c2ccccc2c1. The van der Waals surface area contributed by atoms with E-state index in [-0.39, 0.29) is 17.9 Å². The molecule has 0 bridgehead atoms. The third-order valence-corrected chi connectivity index (χ3v) is 4.93. The van der Waals surface area contributed by atoms with Gasteiger partial charge < -0.3 is 10.1 Å². The lowest BCUT2D eigenvalue weighted by molar-refractivity contribution is -0.120. The van der Waals surface area contributed by atoms with Gasteiger partial charge in [-0.05, 0) is 42.7 Å². The van der Waals surface area contributed by atoms with E-state index in [0.29, 0.717) is 18.9 Å². The molecule has 2 aromatic carbocycles. The van der Waals surface area contributed by atoms with Gasteiger partial charge in [-0.15, -0.1) is 0 Å². The van der Waals surface area contributed by atoms with Gasteiger partial charge in [-0.3, -0.25) is 4.79 Å². The lowest BCUT2D eigenvalue weighted by Crippen LogP contribution is -2.40. The number of hydrogen-bond acceptors (Lipinski definition) is 3. The number of rotatable bonds is 2. The van der Waals surface area contributed by atoms with Gasteiger partial charge in [-0.2, -0.15) is 0 Å². The lowest BCUT2D eigenvalue weighted by atomic mass is 9.91. The van der Waals surface area contributed by atoms with Crippen LogP contribution >= 0.6 is 0 Å². The Morgan fingerprint density at radius 3 is 2.67 bits per heavy atom. The minimum absolute atomic E-state index is 0.149. The number of aryl methyl sites for hydroxylation is 1. The first-order chi connectivity index (χ1) is 11.6. The largest absolute Gasteiger partial charge is 0.381 e. The summed E-state index contributed by atoms with van der Waals surface area (Å²) in [5.41, 5.74) is 1.70. The number of benzene rings is 2. The van der Waals surface area contributed by atoms with Crippen LogP contribution in [0.2, 0.25) is 0 Å². The zero-order chi connectivity index (χ0) is 16.7. The van der Waals surface area contributed by atoms with Crippen LogP contribution in [-0.2, 0) is 9.53 Å². The second-order valence-corrected chi connectivity index (χ2v) is 6.56. The summed E-state index contributed by atoms with van der Waals surface area (Å²) >= 11 is 0. The van der Waals surface area contributed by atoms with Crippen molar-refractivity contribution in [2.45, 2.75) is 25.8 Å². The number of imide groups is 1. The summed E-state index contributed by atoms with van der Waals surface area (Å²) in [6.45, 7) is 3.28. The van der Waals surface area contributed by atoms with Crippen LogP contribution in [0.1, 0.15) is 18.4 Å². The van der Waals surface area contributed by atoms with Crippen molar-refractivity contribution in [1.29, 1.82) is 0 Å². The number of anilines is 1. The van der Waals surface area contributed by atoms with E-state index in [1.165, 1.54) is 4.90 Å². The summed E-state index contributed by atoms with van der Waals surface area (Å²) in [6, 6.07) is 11.0. The maximum Gasteiger partial charge on any atom is 0.329 e. The van der Waals surface area contributed by atoms with E-state index < -0.39 is 6.04 Å². The number of hydrogen-bond donors (Lipinski definition) is 1. The Morgan fingerprint density at radius 1 is 1.12 bits per heavy atom. The van der Waals surface area contributed by atoms with Gasteiger partial charge in [-0.25, -0.2) is 9.69 Å². The fraction of sp³-hybridized carbons (Fsp3) is 0.368. The Morgan fingerprint density at radius 2 is 1.88 bits per heavy atom. The van der Waals surface area contributed by atoms with Crippen LogP contribution in [-0.4, -0.2) is 31.2 Å². The molecule has 2 fully saturated rings. The Kier molecular flexibility index (Phi) is 3.73. The van der Waals surface area contributed by atoms with E-state index in [0.717, 1.165) is 29.2 Å². The summed E-state index contributed by atoms with van der Waals surface area (Å²) in [7, 11) is 0. The molecule has 2 aliphatic heterocycles. The average molecular weight is 324 g/mol. The second kappa shape index (κ2) is 5.91. The number of ether oxygens (including phenoxy) is 1. The van der Waals surface area contributed by atoms with E-state index in [2.05, 4.69) is 11.4 Å². The Hall–Kier alpha value is -2.40. The first-order valence-corrected chi connectivity index (χ1v) is 8.37. The molecule has 24 heavy (non-hydrogen) atoms. The Balaban J connectivity index is 1.74. The van der Waals surface area contributed by atoms with E-state index in [4.69, 9.17) is 4.74 Å². The molecule has 1 N–H and O–H groups in total. The molecule has 1 atom stereocenters. The van der Waals surface area contributed by atoms with Crippen molar-refractivity contribution < 1.29 is 14.3 Å². The van der Waals surface area contributed by atoms with Gasteiger partial charge >= 0.3 is 6.03 Å². The third kappa shape index (κ3) is 2.45. The van der Waals surface area contributed by atoms with Crippen molar-refractivity contribution in [3.8, 4) is 0 Å². The number of nitrogens with zero attached hydrogens (tertiary/aromatic N) is 1. The van der Waals surface area contributed by atoms with Crippen LogP contribution in [0.5, 0.6) is 0 Å². The summed E-state index contributed by atoms with van der Waals surface area (Å²) in [6.07, 6.45) is 1.61.